The molecule has 4 heterocycles. The number of amides is 2. The van der Waals surface area contributed by atoms with Gasteiger partial charge in [-0.3, -0.25) is 9.59 Å². The molecule has 168 valence electrons. The molecule has 3 saturated heterocycles. The van der Waals surface area contributed by atoms with Gasteiger partial charge in [0.15, 0.2) is 11.5 Å². The number of fused-ring (bicyclic) bond motifs is 2. The van der Waals surface area contributed by atoms with Crippen LogP contribution in [-0.4, -0.2) is 72.6 Å². The first-order valence-electron chi connectivity index (χ1n) is 11.7. The highest BCUT2D eigenvalue weighted by molar-refractivity contribution is 5.89. The van der Waals surface area contributed by atoms with Crippen LogP contribution in [0.3, 0.4) is 0 Å². The monoisotopic (exact) mass is 427 g/mol. The van der Waals surface area contributed by atoms with Gasteiger partial charge in [0, 0.05) is 39.1 Å². The number of piperidine rings is 2. The van der Waals surface area contributed by atoms with Gasteiger partial charge >= 0.3 is 0 Å². The van der Waals surface area contributed by atoms with Crippen LogP contribution in [0.25, 0.3) is 0 Å². The fourth-order valence-corrected chi connectivity index (χ4v) is 5.89. The first-order valence-corrected chi connectivity index (χ1v) is 11.7. The normalized spacial score (nSPS) is 28.0. The molecule has 0 spiro atoms. The molecule has 2 amide bonds. The molecule has 0 saturated carbocycles. The summed E-state index contributed by atoms with van der Waals surface area (Å²) in [5.74, 6) is 1.96. The molecule has 31 heavy (non-hydrogen) atoms. The summed E-state index contributed by atoms with van der Waals surface area (Å²) in [7, 11) is 1.93. The van der Waals surface area contributed by atoms with Crippen molar-refractivity contribution in [1.29, 1.82) is 0 Å². The quantitative estimate of drug-likeness (QED) is 0.723. The molecule has 0 aliphatic carbocycles. The van der Waals surface area contributed by atoms with Gasteiger partial charge in [0.05, 0.1) is 5.92 Å². The lowest BCUT2D eigenvalue weighted by Crippen LogP contribution is -2.51. The zero-order chi connectivity index (χ0) is 21.4. The average molecular weight is 428 g/mol. The molecule has 4 aliphatic rings. The predicted molar refractivity (Wildman–Crippen MR) is 116 cm³/mol. The minimum Gasteiger partial charge on any atom is -0.454 e. The first kappa shape index (κ1) is 20.6. The third-order valence-electron chi connectivity index (χ3n) is 7.49. The predicted octanol–water partition coefficient (Wildman–Crippen LogP) is 2.49. The average Bonchev–Trinajstić information content (AvgIpc) is 3.39. The van der Waals surface area contributed by atoms with Gasteiger partial charge in [0.25, 0.3) is 0 Å². The standard InChI is InChI=1S/C24H33N3O4/c1-25(14-18-5-4-10-26-9-3-2-6-20(18)26)24(29)19-12-23(28)27(15-19)13-17-7-8-21-22(11-17)31-16-30-21/h7-8,11,18-20H,2-6,9-10,12-16H2,1H3/t18-,19-,20+/m0/s1. The number of likely N-dealkylation sites (tertiary alicyclic amines) is 1. The number of ether oxygens (including phenoxy) is 2. The highest BCUT2D eigenvalue weighted by Crippen LogP contribution is 2.34. The number of nitrogens with zero attached hydrogens (tertiary/aromatic N) is 3. The van der Waals surface area contributed by atoms with Crippen LogP contribution in [0.5, 0.6) is 11.5 Å². The van der Waals surface area contributed by atoms with Gasteiger partial charge in [0.1, 0.15) is 0 Å². The van der Waals surface area contributed by atoms with Gasteiger partial charge in [-0.15, -0.1) is 0 Å². The van der Waals surface area contributed by atoms with E-state index in [9.17, 15) is 9.59 Å². The van der Waals surface area contributed by atoms with Crippen LogP contribution in [0.1, 0.15) is 44.1 Å². The van der Waals surface area contributed by atoms with Crippen molar-refractivity contribution >= 4 is 11.8 Å². The number of carbonyl (C=O) groups is 2. The van der Waals surface area contributed by atoms with Crippen LogP contribution >= 0.6 is 0 Å². The van der Waals surface area contributed by atoms with E-state index >= 15 is 0 Å². The number of carbonyl (C=O) groups excluding carboxylic acids is 2. The topological polar surface area (TPSA) is 62.3 Å². The summed E-state index contributed by atoms with van der Waals surface area (Å²) in [6.45, 7) is 4.48. The van der Waals surface area contributed by atoms with Crippen LogP contribution in [0, 0.1) is 11.8 Å². The molecule has 3 fully saturated rings. The summed E-state index contributed by atoms with van der Waals surface area (Å²) in [4.78, 5) is 32.1. The third-order valence-corrected chi connectivity index (χ3v) is 7.49. The molecule has 4 aliphatic heterocycles. The maximum absolute atomic E-state index is 13.2. The fraction of sp³-hybridized carbons (Fsp3) is 0.667. The van der Waals surface area contributed by atoms with Crippen molar-refractivity contribution in [3.05, 3.63) is 23.8 Å². The van der Waals surface area contributed by atoms with E-state index in [1.807, 2.05) is 30.1 Å². The number of rotatable bonds is 5. The van der Waals surface area contributed by atoms with Crippen molar-refractivity contribution in [3.8, 4) is 11.5 Å². The van der Waals surface area contributed by atoms with Gasteiger partial charge in [-0.25, -0.2) is 0 Å². The Bertz CT molecular complexity index is 842. The van der Waals surface area contributed by atoms with Crippen LogP contribution in [0.2, 0.25) is 0 Å². The Morgan fingerprint density at radius 2 is 1.97 bits per heavy atom. The second-order valence-corrected chi connectivity index (χ2v) is 9.58. The summed E-state index contributed by atoms with van der Waals surface area (Å²) < 4.78 is 10.8. The Labute approximate surface area is 184 Å². The lowest BCUT2D eigenvalue weighted by Gasteiger charge is -2.45. The van der Waals surface area contributed by atoms with E-state index in [2.05, 4.69) is 4.90 Å². The van der Waals surface area contributed by atoms with Crippen molar-refractivity contribution in [2.45, 2.75) is 51.1 Å². The zero-order valence-electron chi connectivity index (χ0n) is 18.4. The van der Waals surface area contributed by atoms with E-state index in [1.54, 1.807) is 4.90 Å². The van der Waals surface area contributed by atoms with Crippen molar-refractivity contribution in [3.63, 3.8) is 0 Å². The number of benzene rings is 1. The van der Waals surface area contributed by atoms with Crippen molar-refractivity contribution < 1.29 is 19.1 Å². The lowest BCUT2D eigenvalue weighted by molar-refractivity contribution is -0.135. The molecule has 0 unspecified atom stereocenters. The second-order valence-electron chi connectivity index (χ2n) is 9.58. The van der Waals surface area contributed by atoms with E-state index < -0.39 is 0 Å². The molecule has 3 atom stereocenters. The Hall–Kier alpha value is -2.28. The molecule has 7 nitrogen and oxygen atoms in total. The van der Waals surface area contributed by atoms with Crippen LogP contribution in [-0.2, 0) is 16.1 Å². The van der Waals surface area contributed by atoms with Crippen LogP contribution < -0.4 is 9.47 Å². The summed E-state index contributed by atoms with van der Waals surface area (Å²) in [5.41, 5.74) is 0.999. The molecular weight excluding hydrogens is 394 g/mol. The first-order chi connectivity index (χ1) is 15.1. The molecule has 1 aromatic rings. The summed E-state index contributed by atoms with van der Waals surface area (Å²) in [6.07, 6.45) is 6.63. The van der Waals surface area contributed by atoms with E-state index in [0.29, 0.717) is 31.5 Å². The minimum atomic E-state index is -0.238. The highest BCUT2D eigenvalue weighted by atomic mass is 16.7. The Morgan fingerprint density at radius 3 is 2.87 bits per heavy atom. The Balaban J connectivity index is 1.17. The highest BCUT2D eigenvalue weighted by Gasteiger charge is 2.38. The summed E-state index contributed by atoms with van der Waals surface area (Å²) in [5, 5.41) is 0. The molecule has 0 bridgehead atoms. The molecule has 0 aromatic heterocycles. The van der Waals surface area contributed by atoms with Gasteiger partial charge in [-0.2, -0.15) is 0 Å². The summed E-state index contributed by atoms with van der Waals surface area (Å²) in [6, 6.07) is 6.40. The Morgan fingerprint density at radius 1 is 1.13 bits per heavy atom. The van der Waals surface area contributed by atoms with Gasteiger partial charge in [-0.1, -0.05) is 12.5 Å². The number of hydrogen-bond acceptors (Lipinski definition) is 5. The second kappa shape index (κ2) is 8.69. The lowest BCUT2D eigenvalue weighted by atomic mass is 9.83. The molecule has 0 N–H and O–H groups in total. The van der Waals surface area contributed by atoms with Gasteiger partial charge < -0.3 is 24.2 Å². The maximum Gasteiger partial charge on any atom is 0.231 e. The van der Waals surface area contributed by atoms with E-state index in [-0.39, 0.29) is 24.5 Å². The maximum atomic E-state index is 13.2. The van der Waals surface area contributed by atoms with E-state index in [1.165, 1.54) is 45.2 Å². The number of hydrogen-bond donors (Lipinski definition) is 0. The van der Waals surface area contributed by atoms with Crippen LogP contribution in [0.4, 0.5) is 0 Å². The fourth-order valence-electron chi connectivity index (χ4n) is 5.89. The smallest absolute Gasteiger partial charge is 0.231 e. The van der Waals surface area contributed by atoms with Crippen molar-refractivity contribution in [1.82, 2.24) is 14.7 Å². The Kier molecular flexibility index (Phi) is 5.78. The van der Waals surface area contributed by atoms with Gasteiger partial charge in [0.2, 0.25) is 18.6 Å². The van der Waals surface area contributed by atoms with E-state index in [0.717, 1.165) is 23.6 Å². The summed E-state index contributed by atoms with van der Waals surface area (Å²) >= 11 is 0. The van der Waals surface area contributed by atoms with Gasteiger partial charge in [-0.05, 0) is 62.4 Å². The van der Waals surface area contributed by atoms with Crippen molar-refractivity contribution in [2.24, 2.45) is 11.8 Å². The molecule has 1 aromatic carbocycles. The third kappa shape index (κ3) is 4.25. The van der Waals surface area contributed by atoms with Crippen molar-refractivity contribution in [2.75, 3.05) is 40.0 Å². The molecule has 5 rings (SSSR count). The van der Waals surface area contributed by atoms with Crippen LogP contribution in [0.15, 0.2) is 18.2 Å². The molecule has 0 radical (unpaired) electrons. The SMILES string of the molecule is CN(C[C@@H]1CCCN2CCCC[C@H]12)C(=O)[C@H]1CC(=O)N(Cc2ccc3c(c2)OCO3)C1. The molecular formula is C24H33N3O4. The zero-order valence-corrected chi connectivity index (χ0v) is 18.4. The largest absolute Gasteiger partial charge is 0.454 e. The van der Waals surface area contributed by atoms with E-state index in [4.69, 9.17) is 9.47 Å². The minimum absolute atomic E-state index is 0.0561. The molecule has 7 heteroatoms.